The maximum Gasteiger partial charge on any atom is 0.321 e. The quantitative estimate of drug-likeness (QED) is 0.792. The van der Waals surface area contributed by atoms with Crippen molar-refractivity contribution in [2.24, 2.45) is 0 Å². The van der Waals surface area contributed by atoms with Gasteiger partial charge in [-0.2, -0.15) is 11.3 Å². The molecule has 1 atom stereocenters. The Morgan fingerprint density at radius 1 is 1.42 bits per heavy atom. The molecule has 0 saturated heterocycles. The third-order valence-corrected chi connectivity index (χ3v) is 3.07. The van der Waals surface area contributed by atoms with Gasteiger partial charge in [0.2, 0.25) is 0 Å². The predicted molar refractivity (Wildman–Crippen MR) is 70.8 cm³/mol. The van der Waals surface area contributed by atoms with Crippen LogP contribution in [0.5, 0.6) is 0 Å². The molecular weight excluding hydrogens is 268 g/mol. The van der Waals surface area contributed by atoms with Gasteiger partial charge in [-0.3, -0.25) is 14.9 Å². The highest BCUT2D eigenvalue weighted by molar-refractivity contribution is 7.07. The molecule has 7 heteroatoms. The largest absolute Gasteiger partial charge is 0.453 e. The van der Waals surface area contributed by atoms with Crippen LogP contribution in [0.4, 0.5) is 4.79 Å². The maximum absolute atomic E-state index is 11.5. The molecule has 0 fully saturated rings. The van der Waals surface area contributed by atoms with E-state index in [-0.39, 0.29) is 6.42 Å². The minimum Gasteiger partial charge on any atom is -0.453 e. The summed E-state index contributed by atoms with van der Waals surface area (Å²) < 4.78 is 4.93. The van der Waals surface area contributed by atoms with E-state index >= 15 is 0 Å². The molecule has 1 rings (SSSR count). The number of urea groups is 1. The van der Waals surface area contributed by atoms with E-state index in [1.165, 1.54) is 14.0 Å². The third-order valence-electron chi connectivity index (χ3n) is 2.34. The number of imide groups is 1. The van der Waals surface area contributed by atoms with Crippen molar-refractivity contribution in [3.8, 4) is 0 Å². The van der Waals surface area contributed by atoms with Crippen molar-refractivity contribution >= 4 is 29.2 Å². The molecule has 1 aromatic heterocycles. The van der Waals surface area contributed by atoms with Crippen LogP contribution in [0.3, 0.4) is 0 Å². The molecule has 3 amide bonds. The SMILES string of the molecule is CNC(=O)NC(=O)[C@@H](C)OC(=O)CCc1ccsc1. The van der Waals surface area contributed by atoms with Crippen LogP contribution in [0.25, 0.3) is 0 Å². The molecule has 0 radical (unpaired) electrons. The van der Waals surface area contributed by atoms with Crippen LogP contribution in [0.1, 0.15) is 18.9 Å². The number of thiophene rings is 1. The summed E-state index contributed by atoms with van der Waals surface area (Å²) >= 11 is 1.56. The maximum atomic E-state index is 11.5. The normalized spacial score (nSPS) is 11.5. The number of hydrogen-bond acceptors (Lipinski definition) is 5. The molecule has 6 nitrogen and oxygen atoms in total. The Morgan fingerprint density at radius 2 is 2.16 bits per heavy atom. The van der Waals surface area contributed by atoms with Gasteiger partial charge in [0.05, 0.1) is 0 Å². The van der Waals surface area contributed by atoms with Crippen molar-refractivity contribution in [1.29, 1.82) is 0 Å². The summed E-state index contributed by atoms with van der Waals surface area (Å²) in [6, 6.07) is 1.30. The standard InChI is InChI=1S/C12H16N2O4S/c1-8(11(16)14-12(17)13-2)18-10(15)4-3-9-5-6-19-7-9/h5-8H,3-4H2,1-2H3,(H2,13,14,16,17)/t8-/m1/s1. The van der Waals surface area contributed by atoms with Crippen molar-refractivity contribution < 1.29 is 19.1 Å². The average Bonchev–Trinajstić information content (AvgIpc) is 2.89. The average molecular weight is 284 g/mol. The molecule has 0 spiro atoms. The summed E-state index contributed by atoms with van der Waals surface area (Å²) in [6.07, 6.45) is -0.215. The van der Waals surface area contributed by atoms with Gasteiger partial charge >= 0.3 is 12.0 Å². The second kappa shape index (κ2) is 7.52. The third kappa shape index (κ3) is 5.52. The second-order valence-electron chi connectivity index (χ2n) is 3.83. The van der Waals surface area contributed by atoms with Crippen LogP contribution >= 0.6 is 11.3 Å². The lowest BCUT2D eigenvalue weighted by molar-refractivity contribution is -0.154. The van der Waals surface area contributed by atoms with E-state index in [0.717, 1.165) is 5.56 Å². The van der Waals surface area contributed by atoms with Crippen molar-refractivity contribution in [2.75, 3.05) is 7.05 Å². The summed E-state index contributed by atoms with van der Waals surface area (Å²) in [4.78, 5) is 33.9. The number of hydrogen-bond donors (Lipinski definition) is 2. The van der Waals surface area contributed by atoms with Gasteiger partial charge in [0.1, 0.15) is 0 Å². The lowest BCUT2D eigenvalue weighted by atomic mass is 10.2. The van der Waals surface area contributed by atoms with E-state index in [4.69, 9.17) is 4.74 Å². The number of ether oxygens (including phenoxy) is 1. The number of amides is 3. The lowest BCUT2D eigenvalue weighted by Gasteiger charge is -2.12. The zero-order valence-electron chi connectivity index (χ0n) is 10.8. The van der Waals surface area contributed by atoms with E-state index in [1.807, 2.05) is 22.1 Å². The molecule has 0 aliphatic rings. The van der Waals surface area contributed by atoms with Crippen LogP contribution in [-0.2, 0) is 20.7 Å². The van der Waals surface area contributed by atoms with Gasteiger partial charge in [0.15, 0.2) is 6.10 Å². The molecule has 0 aromatic carbocycles. The molecule has 1 aromatic rings. The molecule has 2 N–H and O–H groups in total. The Bertz CT molecular complexity index is 445. The first-order valence-electron chi connectivity index (χ1n) is 5.76. The second-order valence-corrected chi connectivity index (χ2v) is 4.61. The molecule has 0 saturated carbocycles. The zero-order valence-corrected chi connectivity index (χ0v) is 11.6. The van der Waals surface area contributed by atoms with Crippen molar-refractivity contribution in [2.45, 2.75) is 25.9 Å². The lowest BCUT2D eigenvalue weighted by Crippen LogP contribution is -2.43. The van der Waals surface area contributed by atoms with Crippen molar-refractivity contribution in [3.63, 3.8) is 0 Å². The number of carbonyl (C=O) groups excluding carboxylic acids is 3. The van der Waals surface area contributed by atoms with Gasteiger partial charge < -0.3 is 10.1 Å². The predicted octanol–water partition coefficient (Wildman–Crippen LogP) is 1.07. The van der Waals surface area contributed by atoms with E-state index in [1.54, 1.807) is 11.3 Å². The Hall–Kier alpha value is -1.89. The van der Waals surface area contributed by atoms with Crippen LogP contribution < -0.4 is 10.6 Å². The van der Waals surface area contributed by atoms with Crippen LogP contribution in [0.15, 0.2) is 16.8 Å². The molecule has 104 valence electrons. The van der Waals surface area contributed by atoms with Crippen LogP contribution in [0.2, 0.25) is 0 Å². The molecule has 0 aliphatic carbocycles. The van der Waals surface area contributed by atoms with Gasteiger partial charge in [-0.15, -0.1) is 0 Å². The van der Waals surface area contributed by atoms with Gasteiger partial charge in [0, 0.05) is 13.5 Å². The van der Waals surface area contributed by atoms with E-state index in [2.05, 4.69) is 5.32 Å². The van der Waals surface area contributed by atoms with Crippen molar-refractivity contribution in [1.82, 2.24) is 10.6 Å². The molecule has 0 unspecified atom stereocenters. The smallest absolute Gasteiger partial charge is 0.321 e. The number of carbonyl (C=O) groups is 3. The number of esters is 1. The van der Waals surface area contributed by atoms with Crippen LogP contribution in [0, 0.1) is 0 Å². The van der Waals surface area contributed by atoms with Gasteiger partial charge in [-0.05, 0) is 35.7 Å². The summed E-state index contributed by atoms with van der Waals surface area (Å²) in [5.41, 5.74) is 1.06. The summed E-state index contributed by atoms with van der Waals surface area (Å²) in [6.45, 7) is 1.42. The van der Waals surface area contributed by atoms with E-state index in [9.17, 15) is 14.4 Å². The van der Waals surface area contributed by atoms with E-state index < -0.39 is 24.0 Å². The fraction of sp³-hybridized carbons (Fsp3) is 0.417. The first-order chi connectivity index (χ1) is 9.02. The first kappa shape index (κ1) is 15.2. The summed E-state index contributed by atoms with van der Waals surface area (Å²) in [5, 5.41) is 8.16. The highest BCUT2D eigenvalue weighted by Crippen LogP contribution is 2.09. The molecular formula is C12H16N2O4S. The highest BCUT2D eigenvalue weighted by Gasteiger charge is 2.19. The number of rotatable bonds is 5. The summed E-state index contributed by atoms with van der Waals surface area (Å²) in [7, 11) is 1.39. The van der Waals surface area contributed by atoms with Gasteiger partial charge in [-0.25, -0.2) is 4.79 Å². The Balaban J connectivity index is 2.31. The summed E-state index contributed by atoms with van der Waals surface area (Å²) in [5.74, 6) is -1.12. The fourth-order valence-electron chi connectivity index (χ4n) is 1.27. The Kier molecular flexibility index (Phi) is 6.01. The Labute approximate surface area is 115 Å². The minimum atomic E-state index is -0.993. The molecule has 19 heavy (non-hydrogen) atoms. The molecule has 0 aliphatic heterocycles. The van der Waals surface area contributed by atoms with Crippen LogP contribution in [-0.4, -0.2) is 31.1 Å². The van der Waals surface area contributed by atoms with Gasteiger partial charge in [-0.1, -0.05) is 0 Å². The molecule has 1 heterocycles. The Morgan fingerprint density at radius 3 is 2.74 bits per heavy atom. The monoisotopic (exact) mass is 284 g/mol. The molecule has 0 bridgehead atoms. The number of nitrogens with one attached hydrogen (secondary N) is 2. The minimum absolute atomic E-state index is 0.203. The highest BCUT2D eigenvalue weighted by atomic mass is 32.1. The fourth-order valence-corrected chi connectivity index (χ4v) is 1.97. The zero-order chi connectivity index (χ0) is 14.3. The number of aryl methyl sites for hydroxylation is 1. The topological polar surface area (TPSA) is 84.5 Å². The van der Waals surface area contributed by atoms with E-state index in [0.29, 0.717) is 6.42 Å². The van der Waals surface area contributed by atoms with Crippen molar-refractivity contribution in [3.05, 3.63) is 22.4 Å². The van der Waals surface area contributed by atoms with Gasteiger partial charge in [0.25, 0.3) is 5.91 Å². The first-order valence-corrected chi connectivity index (χ1v) is 6.70.